The van der Waals surface area contributed by atoms with Gasteiger partial charge in [-0.05, 0) is 32.0 Å². The van der Waals surface area contributed by atoms with Gasteiger partial charge in [0.15, 0.2) is 12.4 Å². The monoisotopic (exact) mass is 420 g/mol. The number of furan rings is 1. The molecule has 0 spiro atoms. The summed E-state index contributed by atoms with van der Waals surface area (Å²) in [7, 11) is 0. The lowest BCUT2D eigenvalue weighted by Crippen LogP contribution is -2.41. The molecule has 0 unspecified atom stereocenters. The number of rotatable bonds is 6. The van der Waals surface area contributed by atoms with E-state index in [-0.39, 0.29) is 12.3 Å². The van der Waals surface area contributed by atoms with Crippen LogP contribution in [-0.2, 0) is 22.6 Å². The summed E-state index contributed by atoms with van der Waals surface area (Å²) in [6, 6.07) is 13.8. The Bertz CT molecular complexity index is 1440. The third kappa shape index (κ3) is 3.56. The van der Waals surface area contributed by atoms with Gasteiger partial charge in [0.1, 0.15) is 12.1 Å². The lowest BCUT2D eigenvalue weighted by Gasteiger charge is -2.12. The van der Waals surface area contributed by atoms with E-state index in [2.05, 4.69) is 0 Å². The van der Waals surface area contributed by atoms with Crippen LogP contribution < -0.4 is 11.2 Å². The fraction of sp³-hybridized carbons (Fsp3) is 0.217. The van der Waals surface area contributed by atoms with Gasteiger partial charge in [0, 0.05) is 17.5 Å². The van der Waals surface area contributed by atoms with Crippen LogP contribution in [-0.4, -0.2) is 27.5 Å². The second-order valence-corrected chi connectivity index (χ2v) is 7.07. The number of carbonyl (C=O) groups is 2. The van der Waals surface area contributed by atoms with Crippen LogP contribution in [0.5, 0.6) is 0 Å². The predicted molar refractivity (Wildman–Crippen MR) is 114 cm³/mol. The molecule has 0 saturated carbocycles. The van der Waals surface area contributed by atoms with E-state index in [4.69, 9.17) is 9.15 Å². The van der Waals surface area contributed by atoms with Gasteiger partial charge < -0.3 is 9.15 Å². The SMILES string of the molecule is CCn1c(=O)c2ccccc2n(CC(=O)OCC(=O)c2oc3ccccc3c2C)c1=O. The lowest BCUT2D eigenvalue weighted by molar-refractivity contribution is -0.143. The summed E-state index contributed by atoms with van der Waals surface area (Å²) < 4.78 is 13.0. The fourth-order valence-electron chi connectivity index (χ4n) is 3.63. The maximum Gasteiger partial charge on any atom is 0.332 e. The first kappa shape index (κ1) is 20.3. The molecule has 0 amide bonds. The zero-order valence-electron chi connectivity index (χ0n) is 17.1. The van der Waals surface area contributed by atoms with Gasteiger partial charge in [-0.15, -0.1) is 0 Å². The largest absolute Gasteiger partial charge is 0.456 e. The van der Waals surface area contributed by atoms with E-state index in [0.29, 0.717) is 22.0 Å². The van der Waals surface area contributed by atoms with E-state index < -0.39 is 36.2 Å². The number of esters is 1. The quantitative estimate of drug-likeness (QED) is 0.351. The Morgan fingerprint density at radius 3 is 2.35 bits per heavy atom. The standard InChI is InChI=1S/C23H20N2O6/c1-3-24-22(28)16-9-4-6-10-17(16)25(23(24)29)12-20(27)30-13-18(26)21-14(2)15-8-5-7-11-19(15)31-21/h4-11H,3,12-13H2,1-2H3. The van der Waals surface area contributed by atoms with Gasteiger partial charge in [-0.25, -0.2) is 4.79 Å². The summed E-state index contributed by atoms with van der Waals surface area (Å²) >= 11 is 0. The van der Waals surface area contributed by atoms with Crippen molar-refractivity contribution in [1.82, 2.24) is 9.13 Å². The van der Waals surface area contributed by atoms with Crippen molar-refractivity contribution in [3.63, 3.8) is 0 Å². The summed E-state index contributed by atoms with van der Waals surface area (Å²) in [6.07, 6.45) is 0. The lowest BCUT2D eigenvalue weighted by atomic mass is 10.1. The first-order chi connectivity index (χ1) is 14.9. The number of benzene rings is 2. The molecule has 158 valence electrons. The van der Waals surface area contributed by atoms with E-state index in [1.807, 2.05) is 12.1 Å². The number of ether oxygens (including phenoxy) is 1. The maximum absolute atomic E-state index is 12.7. The molecule has 0 atom stereocenters. The topological polar surface area (TPSA) is 101 Å². The van der Waals surface area contributed by atoms with Gasteiger partial charge in [0.2, 0.25) is 5.78 Å². The molecule has 0 saturated heterocycles. The maximum atomic E-state index is 12.7. The second-order valence-electron chi connectivity index (χ2n) is 7.07. The second kappa shape index (κ2) is 8.06. The number of nitrogens with zero attached hydrogens (tertiary/aromatic N) is 2. The smallest absolute Gasteiger partial charge is 0.332 e. The summed E-state index contributed by atoms with van der Waals surface area (Å²) in [6.45, 7) is 2.67. The van der Waals surface area contributed by atoms with E-state index in [9.17, 15) is 19.2 Å². The van der Waals surface area contributed by atoms with Crippen LogP contribution >= 0.6 is 0 Å². The first-order valence-corrected chi connectivity index (χ1v) is 9.81. The Kier molecular flexibility index (Phi) is 5.29. The number of Topliss-reactive ketones (excluding diaryl/α,β-unsaturated/α-hetero) is 1. The molecule has 8 heteroatoms. The third-order valence-electron chi connectivity index (χ3n) is 5.20. The molecule has 2 heterocycles. The predicted octanol–water partition coefficient (Wildman–Crippen LogP) is 2.66. The van der Waals surface area contributed by atoms with Gasteiger partial charge in [0.05, 0.1) is 10.9 Å². The van der Waals surface area contributed by atoms with Gasteiger partial charge >= 0.3 is 11.7 Å². The van der Waals surface area contributed by atoms with Crippen LogP contribution in [0.1, 0.15) is 23.0 Å². The van der Waals surface area contributed by atoms with Crippen molar-refractivity contribution in [2.75, 3.05) is 6.61 Å². The van der Waals surface area contributed by atoms with Crippen molar-refractivity contribution in [3.05, 3.63) is 80.7 Å². The van der Waals surface area contributed by atoms with Crippen LogP contribution in [0.3, 0.4) is 0 Å². The fourth-order valence-corrected chi connectivity index (χ4v) is 3.63. The van der Waals surface area contributed by atoms with Gasteiger partial charge in [0.25, 0.3) is 5.56 Å². The molecule has 31 heavy (non-hydrogen) atoms. The van der Waals surface area contributed by atoms with Crippen molar-refractivity contribution in [2.24, 2.45) is 0 Å². The average Bonchev–Trinajstić information content (AvgIpc) is 3.12. The number of fused-ring (bicyclic) bond motifs is 2. The molecule has 8 nitrogen and oxygen atoms in total. The molecule has 0 bridgehead atoms. The number of ketones is 1. The highest BCUT2D eigenvalue weighted by Gasteiger charge is 2.20. The van der Waals surface area contributed by atoms with Gasteiger partial charge in [-0.2, -0.15) is 0 Å². The molecule has 0 aliphatic heterocycles. The number of hydrogen-bond acceptors (Lipinski definition) is 6. The summed E-state index contributed by atoms with van der Waals surface area (Å²) in [5, 5.41) is 1.14. The van der Waals surface area contributed by atoms with Crippen molar-refractivity contribution in [3.8, 4) is 0 Å². The van der Waals surface area contributed by atoms with Crippen LogP contribution in [0.25, 0.3) is 21.9 Å². The van der Waals surface area contributed by atoms with Crippen LogP contribution in [0.15, 0.2) is 62.5 Å². The number of para-hydroxylation sites is 2. The van der Waals surface area contributed by atoms with E-state index in [1.54, 1.807) is 50.2 Å². The van der Waals surface area contributed by atoms with Crippen molar-refractivity contribution in [2.45, 2.75) is 26.9 Å². The van der Waals surface area contributed by atoms with Crippen LogP contribution in [0.4, 0.5) is 0 Å². The summed E-state index contributed by atoms with van der Waals surface area (Å²) in [5.41, 5.74) is 0.563. The van der Waals surface area contributed by atoms with Crippen LogP contribution in [0.2, 0.25) is 0 Å². The van der Waals surface area contributed by atoms with E-state index in [1.165, 1.54) is 4.57 Å². The van der Waals surface area contributed by atoms with Crippen LogP contribution in [0, 0.1) is 6.92 Å². The zero-order valence-corrected chi connectivity index (χ0v) is 17.1. The molecule has 2 aromatic carbocycles. The average molecular weight is 420 g/mol. The Morgan fingerprint density at radius 2 is 1.65 bits per heavy atom. The highest BCUT2D eigenvalue weighted by Crippen LogP contribution is 2.25. The Labute approximate surface area is 176 Å². The van der Waals surface area contributed by atoms with Crippen molar-refractivity contribution in [1.29, 1.82) is 0 Å². The third-order valence-corrected chi connectivity index (χ3v) is 5.20. The molecule has 2 aromatic heterocycles. The number of aromatic nitrogens is 2. The minimum atomic E-state index is -0.768. The zero-order chi connectivity index (χ0) is 22.1. The van der Waals surface area contributed by atoms with Gasteiger partial charge in [-0.1, -0.05) is 30.3 Å². The van der Waals surface area contributed by atoms with E-state index in [0.717, 1.165) is 9.95 Å². The van der Waals surface area contributed by atoms with E-state index >= 15 is 0 Å². The molecule has 0 aliphatic carbocycles. The Morgan fingerprint density at radius 1 is 0.968 bits per heavy atom. The molecule has 0 fully saturated rings. The Hall–Kier alpha value is -3.94. The highest BCUT2D eigenvalue weighted by molar-refractivity contribution is 6.01. The Balaban J connectivity index is 1.56. The molecule has 0 N–H and O–H groups in total. The highest BCUT2D eigenvalue weighted by atomic mass is 16.5. The summed E-state index contributed by atoms with van der Waals surface area (Å²) in [4.78, 5) is 50.1. The number of hydrogen-bond donors (Lipinski definition) is 0. The number of carbonyl (C=O) groups excluding carboxylic acids is 2. The molecule has 0 radical (unpaired) electrons. The first-order valence-electron chi connectivity index (χ1n) is 9.81. The minimum Gasteiger partial charge on any atom is -0.456 e. The normalized spacial score (nSPS) is 11.2. The molecule has 0 aliphatic rings. The molecular weight excluding hydrogens is 400 g/mol. The molecule has 4 aromatic rings. The minimum absolute atomic E-state index is 0.135. The molecule has 4 rings (SSSR count). The molecular formula is C23H20N2O6. The van der Waals surface area contributed by atoms with Gasteiger partial charge in [-0.3, -0.25) is 23.5 Å². The summed E-state index contributed by atoms with van der Waals surface area (Å²) in [5.74, 6) is -1.11. The number of aryl methyl sites for hydroxylation is 1. The van der Waals surface area contributed by atoms with Crippen molar-refractivity contribution >= 4 is 33.6 Å². The van der Waals surface area contributed by atoms with Crippen molar-refractivity contribution < 1.29 is 18.7 Å².